The third-order valence-electron chi connectivity index (χ3n) is 5.27. The molecule has 2 atom stereocenters. The number of nitrogens with one attached hydrogen (secondary N) is 1. The fraction of sp³-hybridized carbons (Fsp3) is 0.208. The van der Waals surface area contributed by atoms with Crippen LogP contribution in [0.2, 0.25) is 10.0 Å². The van der Waals surface area contributed by atoms with Gasteiger partial charge in [0.2, 0.25) is 0 Å². The maximum absolute atomic E-state index is 10.5. The first-order valence-electron chi connectivity index (χ1n) is 9.69. The Kier molecular flexibility index (Phi) is 5.91. The topological polar surface area (TPSA) is 44.6 Å². The molecule has 3 aromatic carbocycles. The van der Waals surface area contributed by atoms with Crippen LogP contribution in [0.1, 0.15) is 47.8 Å². The van der Waals surface area contributed by atoms with Crippen LogP contribution < -0.4 is 5.32 Å². The van der Waals surface area contributed by atoms with Gasteiger partial charge in [0, 0.05) is 33.8 Å². The van der Waals surface area contributed by atoms with E-state index in [4.69, 9.17) is 28.2 Å². The van der Waals surface area contributed by atoms with E-state index in [0.29, 0.717) is 16.5 Å². The van der Waals surface area contributed by atoms with E-state index in [1.54, 1.807) is 12.1 Å². The summed E-state index contributed by atoms with van der Waals surface area (Å²) in [7, 11) is 0. The number of benzene rings is 3. The second-order valence-corrected chi connectivity index (χ2v) is 8.08. The van der Waals surface area contributed by atoms with E-state index in [1.807, 2.05) is 30.3 Å². The number of halogens is 2. The van der Waals surface area contributed by atoms with Gasteiger partial charge in [-0.25, -0.2) is 0 Å². The summed E-state index contributed by atoms with van der Waals surface area (Å²) in [5.74, 6) is 0.222. The van der Waals surface area contributed by atoms with E-state index in [9.17, 15) is 5.11 Å². The zero-order chi connectivity index (χ0) is 20.4. The van der Waals surface area contributed by atoms with Crippen molar-refractivity contribution in [1.29, 1.82) is 0 Å². The van der Waals surface area contributed by atoms with Crippen molar-refractivity contribution in [1.82, 2.24) is 5.32 Å². The summed E-state index contributed by atoms with van der Waals surface area (Å²) in [5, 5.41) is 15.3. The van der Waals surface area contributed by atoms with Crippen molar-refractivity contribution < 1.29 is 5.11 Å². The van der Waals surface area contributed by atoms with Gasteiger partial charge in [-0.1, -0.05) is 66.5 Å². The molecule has 0 saturated carbocycles. The molecule has 3 aromatic rings. The number of phenols is 1. The molecule has 0 bridgehead atoms. The van der Waals surface area contributed by atoms with Gasteiger partial charge in [-0.15, -0.1) is 0 Å². The SMILES string of the molecule is CCc1ccc(C2=N[C@H](c3cccc(Cl)c3)NC(c3cc(Cl)ccc3O)C2)cc1. The molecule has 3 nitrogen and oxygen atoms in total. The Bertz CT molecular complexity index is 1050. The summed E-state index contributed by atoms with van der Waals surface area (Å²) in [6.07, 6.45) is 1.38. The minimum atomic E-state index is -0.272. The van der Waals surface area contributed by atoms with E-state index in [2.05, 4.69) is 36.5 Å². The van der Waals surface area contributed by atoms with E-state index < -0.39 is 0 Å². The van der Waals surface area contributed by atoms with Crippen molar-refractivity contribution in [3.05, 3.63) is 99.0 Å². The normalized spacial score (nSPS) is 19.1. The van der Waals surface area contributed by atoms with Gasteiger partial charge in [0.1, 0.15) is 11.9 Å². The van der Waals surface area contributed by atoms with Crippen LogP contribution in [0.4, 0.5) is 0 Å². The second kappa shape index (κ2) is 8.58. The lowest BCUT2D eigenvalue weighted by molar-refractivity contribution is 0.413. The highest BCUT2D eigenvalue weighted by atomic mass is 35.5. The van der Waals surface area contributed by atoms with Gasteiger partial charge in [0.15, 0.2) is 0 Å². The van der Waals surface area contributed by atoms with Gasteiger partial charge < -0.3 is 5.11 Å². The Balaban J connectivity index is 1.76. The third-order valence-corrected chi connectivity index (χ3v) is 5.74. The van der Waals surface area contributed by atoms with Gasteiger partial charge in [-0.3, -0.25) is 10.3 Å². The summed E-state index contributed by atoms with van der Waals surface area (Å²) >= 11 is 12.4. The van der Waals surface area contributed by atoms with Gasteiger partial charge in [0.05, 0.1) is 0 Å². The first kappa shape index (κ1) is 20.0. The van der Waals surface area contributed by atoms with Crippen LogP contribution in [0.3, 0.4) is 0 Å². The Morgan fingerprint density at radius 2 is 1.76 bits per heavy atom. The fourth-order valence-corrected chi connectivity index (χ4v) is 4.04. The van der Waals surface area contributed by atoms with Gasteiger partial charge in [-0.05, 0) is 53.4 Å². The maximum Gasteiger partial charge on any atom is 0.126 e. The van der Waals surface area contributed by atoms with Crippen molar-refractivity contribution in [2.45, 2.75) is 32.0 Å². The molecule has 148 valence electrons. The molecule has 5 heteroatoms. The number of rotatable bonds is 4. The zero-order valence-corrected chi connectivity index (χ0v) is 17.6. The fourth-order valence-electron chi connectivity index (χ4n) is 3.67. The summed E-state index contributed by atoms with van der Waals surface area (Å²) in [6.45, 7) is 2.14. The standard InChI is InChI=1S/C24H22Cl2N2O/c1-2-15-6-8-16(9-7-15)21-14-22(20-13-19(26)10-11-23(20)29)28-24(27-21)17-4-3-5-18(25)12-17/h3-13,22,24,28-29H,2,14H2,1H3/t22?,24-/m0/s1. The largest absolute Gasteiger partial charge is 0.508 e. The predicted molar refractivity (Wildman–Crippen MR) is 120 cm³/mol. The van der Waals surface area contributed by atoms with Crippen molar-refractivity contribution in [3.63, 3.8) is 0 Å². The molecular weight excluding hydrogens is 403 g/mol. The second-order valence-electron chi connectivity index (χ2n) is 7.21. The average molecular weight is 425 g/mol. The van der Waals surface area contributed by atoms with Gasteiger partial charge in [-0.2, -0.15) is 0 Å². The number of hydrogen-bond donors (Lipinski definition) is 2. The lowest BCUT2D eigenvalue weighted by Crippen LogP contribution is -2.33. The Morgan fingerprint density at radius 1 is 1.00 bits per heavy atom. The monoisotopic (exact) mass is 424 g/mol. The first-order valence-corrected chi connectivity index (χ1v) is 10.4. The van der Waals surface area contributed by atoms with Crippen molar-refractivity contribution in [2.24, 2.45) is 4.99 Å². The number of phenolic OH excluding ortho intramolecular Hbond substituents is 1. The van der Waals surface area contributed by atoms with Gasteiger partial charge in [0.25, 0.3) is 0 Å². The lowest BCUT2D eigenvalue weighted by atomic mass is 9.93. The van der Waals surface area contributed by atoms with Crippen molar-refractivity contribution in [3.8, 4) is 5.75 Å². The highest BCUT2D eigenvalue weighted by Crippen LogP contribution is 2.36. The van der Waals surface area contributed by atoms with Crippen LogP contribution in [0, 0.1) is 0 Å². The van der Waals surface area contributed by atoms with Crippen LogP contribution in [0.25, 0.3) is 0 Å². The highest BCUT2D eigenvalue weighted by Gasteiger charge is 2.28. The molecule has 0 spiro atoms. The quantitative estimate of drug-likeness (QED) is 0.502. The summed E-state index contributed by atoms with van der Waals surface area (Å²) in [4.78, 5) is 4.98. The molecule has 29 heavy (non-hydrogen) atoms. The molecule has 1 aliphatic heterocycles. The molecule has 0 radical (unpaired) electrons. The summed E-state index contributed by atoms with van der Waals surface area (Å²) in [6, 6.07) is 21.2. The summed E-state index contributed by atoms with van der Waals surface area (Å²) in [5.41, 5.74) is 5.11. The van der Waals surface area contributed by atoms with E-state index in [0.717, 1.165) is 28.8 Å². The number of aliphatic imine (C=N–C) groups is 1. The minimum absolute atomic E-state index is 0.129. The van der Waals surface area contributed by atoms with Crippen LogP contribution in [-0.2, 0) is 6.42 Å². The van der Waals surface area contributed by atoms with E-state index in [1.165, 1.54) is 5.56 Å². The molecule has 2 N–H and O–H groups in total. The molecule has 0 amide bonds. The highest BCUT2D eigenvalue weighted by molar-refractivity contribution is 6.31. The molecule has 0 aromatic heterocycles. The van der Waals surface area contributed by atoms with Crippen molar-refractivity contribution >= 4 is 28.9 Å². The number of aryl methyl sites for hydroxylation is 1. The molecule has 0 fully saturated rings. The molecule has 4 rings (SSSR count). The molecule has 1 aliphatic rings. The Labute approximate surface area is 181 Å². The van der Waals surface area contributed by atoms with Crippen LogP contribution >= 0.6 is 23.2 Å². The Hall–Kier alpha value is -2.33. The van der Waals surface area contributed by atoms with Crippen LogP contribution in [0.5, 0.6) is 5.75 Å². The number of nitrogens with zero attached hydrogens (tertiary/aromatic N) is 1. The summed E-state index contributed by atoms with van der Waals surface area (Å²) < 4.78 is 0. The smallest absolute Gasteiger partial charge is 0.126 e. The maximum atomic E-state index is 10.5. The zero-order valence-electron chi connectivity index (χ0n) is 16.1. The molecule has 1 heterocycles. The number of hydrogen-bond acceptors (Lipinski definition) is 3. The van der Waals surface area contributed by atoms with Crippen molar-refractivity contribution in [2.75, 3.05) is 0 Å². The molecular formula is C24H22Cl2N2O. The van der Waals surface area contributed by atoms with Crippen LogP contribution in [-0.4, -0.2) is 10.8 Å². The lowest BCUT2D eigenvalue weighted by Gasteiger charge is -2.31. The predicted octanol–water partition coefficient (Wildman–Crippen LogP) is 6.48. The molecule has 0 saturated heterocycles. The van der Waals surface area contributed by atoms with E-state index in [-0.39, 0.29) is 18.0 Å². The first-order chi connectivity index (χ1) is 14.0. The number of aromatic hydroxyl groups is 1. The average Bonchev–Trinajstić information content (AvgIpc) is 2.75. The molecule has 1 unspecified atom stereocenters. The Morgan fingerprint density at radius 3 is 2.48 bits per heavy atom. The van der Waals surface area contributed by atoms with Gasteiger partial charge >= 0.3 is 0 Å². The molecule has 0 aliphatic carbocycles. The third kappa shape index (κ3) is 4.48. The minimum Gasteiger partial charge on any atom is -0.508 e. The van der Waals surface area contributed by atoms with Crippen LogP contribution in [0.15, 0.2) is 71.7 Å². The van der Waals surface area contributed by atoms with E-state index >= 15 is 0 Å².